The van der Waals surface area contributed by atoms with Crippen LogP contribution >= 0.6 is 0 Å². The lowest BCUT2D eigenvalue weighted by molar-refractivity contribution is -0.384. The average Bonchev–Trinajstić information content (AvgIpc) is 2.66. The number of anilines is 2. The van der Waals surface area contributed by atoms with E-state index < -0.39 is 4.92 Å². The first-order valence-electron chi connectivity index (χ1n) is 6.09. The van der Waals surface area contributed by atoms with Crippen LogP contribution in [0.2, 0.25) is 0 Å². The van der Waals surface area contributed by atoms with E-state index in [2.05, 4.69) is 10.4 Å². The summed E-state index contributed by atoms with van der Waals surface area (Å²) in [5.74, 6) is 6.16. The molecule has 0 bridgehead atoms. The Kier molecular flexibility index (Phi) is 3.93. The number of nitrogen functional groups attached to an aromatic ring is 1. The summed E-state index contributed by atoms with van der Waals surface area (Å²) in [5.41, 5.74) is 2.47. The number of hydrogen-bond donors (Lipinski definition) is 2. The third kappa shape index (κ3) is 2.67. The van der Waals surface area contributed by atoms with Gasteiger partial charge in [0.1, 0.15) is 5.82 Å². The van der Waals surface area contributed by atoms with Crippen LogP contribution in [0, 0.1) is 10.1 Å². The van der Waals surface area contributed by atoms with Crippen LogP contribution in [0.4, 0.5) is 17.3 Å². The van der Waals surface area contributed by atoms with Crippen molar-refractivity contribution in [2.75, 3.05) is 23.4 Å². The molecule has 1 aromatic rings. The topological polar surface area (TPSA) is 97.3 Å². The summed E-state index contributed by atoms with van der Waals surface area (Å²) >= 11 is 0. The normalized spacial score (nSPS) is 16.2. The molecule has 2 heterocycles. The van der Waals surface area contributed by atoms with E-state index in [1.165, 1.54) is 25.0 Å². The first kappa shape index (κ1) is 12.6. The van der Waals surface area contributed by atoms with E-state index in [1.54, 1.807) is 0 Å². The van der Waals surface area contributed by atoms with E-state index in [0.717, 1.165) is 25.9 Å². The van der Waals surface area contributed by atoms with E-state index in [0.29, 0.717) is 11.6 Å². The third-order valence-electron chi connectivity index (χ3n) is 3.10. The molecule has 3 N–H and O–H groups in total. The van der Waals surface area contributed by atoms with Crippen LogP contribution in [0.25, 0.3) is 0 Å². The molecule has 18 heavy (non-hydrogen) atoms. The van der Waals surface area contributed by atoms with Crippen molar-refractivity contribution < 1.29 is 4.92 Å². The van der Waals surface area contributed by atoms with E-state index in [9.17, 15) is 10.1 Å². The Balaban J connectivity index is 2.35. The number of pyridine rings is 1. The van der Waals surface area contributed by atoms with Crippen molar-refractivity contribution in [3.05, 3.63) is 22.2 Å². The zero-order valence-electron chi connectivity index (χ0n) is 10.1. The summed E-state index contributed by atoms with van der Waals surface area (Å²) in [7, 11) is 0. The standard InChI is InChI=1S/C11H17N5O2/c12-14-10-6-5-9(16(17)18)11(13-10)15-7-3-1-2-4-8-15/h5-6H,1-4,7-8,12H2,(H,13,14). The van der Waals surface area contributed by atoms with Gasteiger partial charge in [-0.1, -0.05) is 12.8 Å². The van der Waals surface area contributed by atoms with Crippen LogP contribution < -0.4 is 16.2 Å². The second-order valence-corrected chi connectivity index (χ2v) is 4.34. The van der Waals surface area contributed by atoms with Gasteiger partial charge in [0.05, 0.1) is 4.92 Å². The van der Waals surface area contributed by atoms with Gasteiger partial charge in [-0.25, -0.2) is 10.8 Å². The Labute approximate surface area is 105 Å². The number of rotatable bonds is 3. The zero-order chi connectivity index (χ0) is 13.0. The van der Waals surface area contributed by atoms with Gasteiger partial charge in [-0.15, -0.1) is 0 Å². The number of nitrogens with two attached hydrogens (primary N) is 1. The Bertz CT molecular complexity index is 429. The summed E-state index contributed by atoms with van der Waals surface area (Å²) in [6.07, 6.45) is 4.41. The van der Waals surface area contributed by atoms with Crippen LogP contribution in [-0.2, 0) is 0 Å². The van der Waals surface area contributed by atoms with E-state index >= 15 is 0 Å². The maximum atomic E-state index is 11.0. The molecule has 1 aliphatic rings. The number of nitrogens with zero attached hydrogens (tertiary/aromatic N) is 3. The largest absolute Gasteiger partial charge is 0.351 e. The molecule has 0 aromatic carbocycles. The van der Waals surface area contributed by atoms with Gasteiger partial charge >= 0.3 is 5.69 Å². The Morgan fingerprint density at radius 1 is 1.28 bits per heavy atom. The quantitative estimate of drug-likeness (QED) is 0.481. The molecule has 1 saturated heterocycles. The molecule has 0 saturated carbocycles. The smallest absolute Gasteiger partial charge is 0.311 e. The monoisotopic (exact) mass is 251 g/mol. The molecule has 1 aromatic heterocycles. The van der Waals surface area contributed by atoms with Crippen molar-refractivity contribution >= 4 is 17.3 Å². The average molecular weight is 251 g/mol. The Hall–Kier alpha value is -1.89. The summed E-state index contributed by atoms with van der Waals surface area (Å²) in [6.45, 7) is 1.61. The first-order chi connectivity index (χ1) is 8.72. The second-order valence-electron chi connectivity index (χ2n) is 4.34. The molecule has 0 radical (unpaired) electrons. The van der Waals surface area contributed by atoms with Crippen molar-refractivity contribution in [2.45, 2.75) is 25.7 Å². The number of hydrazine groups is 1. The zero-order valence-corrected chi connectivity index (χ0v) is 10.1. The maximum Gasteiger partial charge on any atom is 0.311 e. The van der Waals surface area contributed by atoms with Crippen molar-refractivity contribution in [3.8, 4) is 0 Å². The van der Waals surface area contributed by atoms with Gasteiger partial charge in [-0.05, 0) is 18.9 Å². The minimum absolute atomic E-state index is 0.0379. The van der Waals surface area contributed by atoms with Gasteiger partial charge in [0, 0.05) is 19.2 Å². The van der Waals surface area contributed by atoms with Crippen molar-refractivity contribution in [3.63, 3.8) is 0 Å². The lowest BCUT2D eigenvalue weighted by atomic mass is 10.2. The minimum atomic E-state index is -0.395. The van der Waals surface area contributed by atoms with Gasteiger partial charge in [0.25, 0.3) is 0 Å². The highest BCUT2D eigenvalue weighted by atomic mass is 16.6. The molecule has 1 fully saturated rings. The molecule has 0 unspecified atom stereocenters. The summed E-state index contributed by atoms with van der Waals surface area (Å²) in [6, 6.07) is 2.96. The van der Waals surface area contributed by atoms with Crippen LogP contribution in [0.5, 0.6) is 0 Å². The number of hydrogen-bond acceptors (Lipinski definition) is 6. The van der Waals surface area contributed by atoms with Gasteiger partial charge in [0.15, 0.2) is 0 Å². The third-order valence-corrected chi connectivity index (χ3v) is 3.10. The SMILES string of the molecule is NNc1ccc([N+](=O)[O-])c(N2CCCCCC2)n1. The molecule has 2 rings (SSSR count). The fourth-order valence-electron chi connectivity index (χ4n) is 2.18. The van der Waals surface area contributed by atoms with Crippen LogP contribution in [0.15, 0.2) is 12.1 Å². The molecule has 0 atom stereocenters. The number of nitrogens with one attached hydrogen (secondary N) is 1. The second kappa shape index (κ2) is 5.63. The molecule has 0 amide bonds. The molecule has 7 nitrogen and oxygen atoms in total. The Morgan fingerprint density at radius 2 is 1.94 bits per heavy atom. The van der Waals surface area contributed by atoms with Crippen LogP contribution in [-0.4, -0.2) is 23.0 Å². The maximum absolute atomic E-state index is 11.0. The Morgan fingerprint density at radius 3 is 2.50 bits per heavy atom. The lowest BCUT2D eigenvalue weighted by Crippen LogP contribution is -2.26. The summed E-state index contributed by atoms with van der Waals surface area (Å²) in [4.78, 5) is 16.8. The van der Waals surface area contributed by atoms with E-state index in [4.69, 9.17) is 5.84 Å². The van der Waals surface area contributed by atoms with Crippen molar-refractivity contribution in [2.24, 2.45) is 5.84 Å². The molecule has 0 aliphatic carbocycles. The predicted molar refractivity (Wildman–Crippen MR) is 69.4 cm³/mol. The highest BCUT2D eigenvalue weighted by Crippen LogP contribution is 2.29. The highest BCUT2D eigenvalue weighted by Gasteiger charge is 2.22. The number of nitro groups is 1. The fraction of sp³-hybridized carbons (Fsp3) is 0.545. The van der Waals surface area contributed by atoms with Crippen molar-refractivity contribution in [1.29, 1.82) is 0 Å². The number of aromatic nitrogens is 1. The van der Waals surface area contributed by atoms with E-state index in [-0.39, 0.29) is 5.69 Å². The minimum Gasteiger partial charge on any atom is -0.351 e. The molecule has 98 valence electrons. The first-order valence-corrected chi connectivity index (χ1v) is 6.09. The molecular formula is C11H17N5O2. The summed E-state index contributed by atoms with van der Waals surface area (Å²) < 4.78 is 0. The van der Waals surface area contributed by atoms with Gasteiger partial charge in [0.2, 0.25) is 5.82 Å². The van der Waals surface area contributed by atoms with Crippen LogP contribution in [0.3, 0.4) is 0 Å². The van der Waals surface area contributed by atoms with Gasteiger partial charge in [-0.3, -0.25) is 10.1 Å². The molecule has 7 heteroatoms. The van der Waals surface area contributed by atoms with Gasteiger partial charge in [-0.2, -0.15) is 0 Å². The summed E-state index contributed by atoms with van der Waals surface area (Å²) in [5, 5.41) is 11.0. The van der Waals surface area contributed by atoms with Gasteiger partial charge < -0.3 is 10.3 Å². The van der Waals surface area contributed by atoms with Crippen molar-refractivity contribution in [1.82, 2.24) is 4.98 Å². The molecular weight excluding hydrogens is 234 g/mol. The highest BCUT2D eigenvalue weighted by molar-refractivity contribution is 5.61. The lowest BCUT2D eigenvalue weighted by Gasteiger charge is -2.21. The molecule has 0 spiro atoms. The molecule has 1 aliphatic heterocycles. The van der Waals surface area contributed by atoms with Crippen LogP contribution in [0.1, 0.15) is 25.7 Å². The fourth-order valence-corrected chi connectivity index (χ4v) is 2.18. The van der Waals surface area contributed by atoms with E-state index in [1.807, 2.05) is 4.90 Å². The predicted octanol–water partition coefficient (Wildman–Crippen LogP) is 1.66.